The molecular formula is C13H21NOS. The topological polar surface area (TPSA) is 21.3 Å². The SMILES string of the molecule is CNCC(SCCCOC)c1ccccc1. The van der Waals surface area contributed by atoms with Gasteiger partial charge in [-0.3, -0.25) is 0 Å². The molecule has 0 fully saturated rings. The van der Waals surface area contributed by atoms with Gasteiger partial charge >= 0.3 is 0 Å². The van der Waals surface area contributed by atoms with E-state index in [4.69, 9.17) is 4.74 Å². The third-order valence-corrected chi connectivity index (χ3v) is 3.74. The second kappa shape index (κ2) is 8.62. The van der Waals surface area contributed by atoms with Crippen LogP contribution < -0.4 is 5.32 Å². The van der Waals surface area contributed by atoms with Crippen molar-refractivity contribution in [3.05, 3.63) is 35.9 Å². The van der Waals surface area contributed by atoms with Gasteiger partial charge in [0.25, 0.3) is 0 Å². The average Bonchev–Trinajstić information content (AvgIpc) is 2.34. The highest BCUT2D eigenvalue weighted by Gasteiger charge is 2.09. The molecule has 0 bridgehead atoms. The van der Waals surface area contributed by atoms with Gasteiger partial charge in [0.15, 0.2) is 0 Å². The van der Waals surface area contributed by atoms with Crippen LogP contribution in [0, 0.1) is 0 Å². The molecule has 0 saturated heterocycles. The van der Waals surface area contributed by atoms with Gasteiger partial charge in [-0.2, -0.15) is 11.8 Å². The smallest absolute Gasteiger partial charge is 0.0470 e. The minimum atomic E-state index is 0.544. The van der Waals surface area contributed by atoms with E-state index in [0.29, 0.717) is 5.25 Å². The summed E-state index contributed by atoms with van der Waals surface area (Å²) in [5, 5.41) is 3.80. The van der Waals surface area contributed by atoms with Gasteiger partial charge in [-0.1, -0.05) is 30.3 Å². The summed E-state index contributed by atoms with van der Waals surface area (Å²) in [6.07, 6.45) is 1.12. The molecule has 0 aliphatic rings. The van der Waals surface area contributed by atoms with E-state index < -0.39 is 0 Å². The molecule has 0 spiro atoms. The molecule has 16 heavy (non-hydrogen) atoms. The van der Waals surface area contributed by atoms with E-state index in [-0.39, 0.29) is 0 Å². The number of methoxy groups -OCH3 is 1. The fourth-order valence-corrected chi connectivity index (χ4v) is 2.76. The highest BCUT2D eigenvalue weighted by molar-refractivity contribution is 7.99. The Hall–Kier alpha value is -0.510. The molecule has 1 aromatic rings. The Morgan fingerprint density at radius 1 is 1.31 bits per heavy atom. The first-order chi connectivity index (χ1) is 7.88. The van der Waals surface area contributed by atoms with Crippen LogP contribution in [0.5, 0.6) is 0 Å². The molecule has 0 aliphatic carbocycles. The summed E-state index contributed by atoms with van der Waals surface area (Å²) in [6, 6.07) is 10.7. The largest absolute Gasteiger partial charge is 0.385 e. The third-order valence-electron chi connectivity index (χ3n) is 2.37. The van der Waals surface area contributed by atoms with Gasteiger partial charge < -0.3 is 10.1 Å². The molecule has 0 radical (unpaired) electrons. The monoisotopic (exact) mass is 239 g/mol. The molecule has 1 unspecified atom stereocenters. The summed E-state index contributed by atoms with van der Waals surface area (Å²) in [6.45, 7) is 1.87. The van der Waals surface area contributed by atoms with Gasteiger partial charge in [0.1, 0.15) is 0 Å². The van der Waals surface area contributed by atoms with Crippen molar-refractivity contribution in [1.82, 2.24) is 5.32 Å². The Morgan fingerprint density at radius 2 is 2.06 bits per heavy atom. The molecule has 0 aliphatic heterocycles. The van der Waals surface area contributed by atoms with Crippen LogP contribution in [0.4, 0.5) is 0 Å². The Labute approximate surface area is 103 Å². The summed E-state index contributed by atoms with van der Waals surface area (Å²) in [5.41, 5.74) is 1.40. The maximum absolute atomic E-state index is 5.06. The van der Waals surface area contributed by atoms with E-state index in [1.165, 1.54) is 5.56 Å². The number of ether oxygens (including phenoxy) is 1. The highest BCUT2D eigenvalue weighted by Crippen LogP contribution is 2.28. The molecular weight excluding hydrogens is 218 g/mol. The summed E-state index contributed by atoms with van der Waals surface area (Å²) in [4.78, 5) is 0. The van der Waals surface area contributed by atoms with Gasteiger partial charge in [-0.05, 0) is 24.8 Å². The Balaban J connectivity index is 2.41. The van der Waals surface area contributed by atoms with Crippen LogP contribution in [0.3, 0.4) is 0 Å². The summed E-state index contributed by atoms with van der Waals surface area (Å²) in [5.74, 6) is 1.15. The van der Waals surface area contributed by atoms with Crippen molar-refractivity contribution in [3.63, 3.8) is 0 Å². The van der Waals surface area contributed by atoms with Crippen LogP contribution in [0.15, 0.2) is 30.3 Å². The first-order valence-corrected chi connectivity index (χ1v) is 6.73. The first-order valence-electron chi connectivity index (χ1n) is 5.68. The number of rotatable bonds is 8. The van der Waals surface area contributed by atoms with Crippen LogP contribution in [0.25, 0.3) is 0 Å². The minimum absolute atomic E-state index is 0.544. The van der Waals surface area contributed by atoms with E-state index in [2.05, 4.69) is 35.6 Å². The van der Waals surface area contributed by atoms with Gasteiger partial charge in [0.2, 0.25) is 0 Å². The quantitative estimate of drug-likeness (QED) is 0.705. The zero-order valence-electron chi connectivity index (χ0n) is 10.1. The zero-order valence-corrected chi connectivity index (χ0v) is 10.9. The maximum Gasteiger partial charge on any atom is 0.0470 e. The maximum atomic E-state index is 5.06. The van der Waals surface area contributed by atoms with Crippen molar-refractivity contribution in [2.24, 2.45) is 0 Å². The fourth-order valence-electron chi connectivity index (χ4n) is 1.55. The van der Waals surface area contributed by atoms with Gasteiger partial charge in [0.05, 0.1) is 0 Å². The predicted molar refractivity (Wildman–Crippen MR) is 72.1 cm³/mol. The predicted octanol–water partition coefficient (Wildman–Crippen LogP) is 2.72. The van der Waals surface area contributed by atoms with Crippen LogP contribution in [-0.2, 0) is 4.74 Å². The lowest BCUT2D eigenvalue weighted by atomic mass is 10.1. The van der Waals surface area contributed by atoms with Gasteiger partial charge in [-0.25, -0.2) is 0 Å². The highest BCUT2D eigenvalue weighted by atomic mass is 32.2. The van der Waals surface area contributed by atoms with E-state index in [0.717, 1.165) is 25.3 Å². The molecule has 90 valence electrons. The molecule has 1 rings (SSSR count). The number of hydrogen-bond donors (Lipinski definition) is 1. The summed E-state index contributed by atoms with van der Waals surface area (Å²) >= 11 is 2.00. The van der Waals surface area contributed by atoms with Crippen LogP contribution >= 0.6 is 11.8 Å². The average molecular weight is 239 g/mol. The molecule has 0 heterocycles. The standard InChI is InChI=1S/C13H21NOS/c1-14-11-13(16-10-6-9-15-2)12-7-4-3-5-8-12/h3-5,7-8,13-14H,6,9-11H2,1-2H3. The second-order valence-corrected chi connectivity index (χ2v) is 4.98. The van der Waals surface area contributed by atoms with Crippen molar-refractivity contribution < 1.29 is 4.74 Å². The lowest BCUT2D eigenvalue weighted by Crippen LogP contribution is -2.15. The molecule has 3 heteroatoms. The second-order valence-electron chi connectivity index (χ2n) is 3.67. The molecule has 1 N–H and O–H groups in total. The van der Waals surface area contributed by atoms with Crippen molar-refractivity contribution in [2.75, 3.05) is 33.1 Å². The minimum Gasteiger partial charge on any atom is -0.385 e. The summed E-state index contributed by atoms with van der Waals surface area (Å²) in [7, 11) is 3.76. The number of nitrogens with one attached hydrogen (secondary N) is 1. The van der Waals surface area contributed by atoms with Gasteiger partial charge in [-0.15, -0.1) is 0 Å². The van der Waals surface area contributed by atoms with E-state index in [1.54, 1.807) is 7.11 Å². The van der Waals surface area contributed by atoms with Gasteiger partial charge in [0, 0.05) is 25.5 Å². The van der Waals surface area contributed by atoms with Crippen molar-refractivity contribution >= 4 is 11.8 Å². The molecule has 0 aromatic heterocycles. The number of hydrogen-bond acceptors (Lipinski definition) is 3. The zero-order chi connectivity index (χ0) is 11.6. The van der Waals surface area contributed by atoms with Crippen LogP contribution in [-0.4, -0.2) is 33.1 Å². The Morgan fingerprint density at radius 3 is 2.69 bits per heavy atom. The van der Waals surface area contributed by atoms with E-state index >= 15 is 0 Å². The lowest BCUT2D eigenvalue weighted by molar-refractivity contribution is 0.200. The molecule has 2 nitrogen and oxygen atoms in total. The fraction of sp³-hybridized carbons (Fsp3) is 0.538. The number of likely N-dealkylation sites (N-methyl/N-ethyl adjacent to an activating group) is 1. The molecule has 0 saturated carbocycles. The van der Waals surface area contributed by atoms with Crippen molar-refractivity contribution in [2.45, 2.75) is 11.7 Å². The number of benzene rings is 1. The molecule has 0 amide bonds. The van der Waals surface area contributed by atoms with Crippen LogP contribution in [0.2, 0.25) is 0 Å². The Bertz CT molecular complexity index is 266. The molecule has 1 aromatic carbocycles. The normalized spacial score (nSPS) is 12.6. The lowest BCUT2D eigenvalue weighted by Gasteiger charge is -2.16. The molecule has 1 atom stereocenters. The van der Waals surface area contributed by atoms with Crippen molar-refractivity contribution in [1.29, 1.82) is 0 Å². The summed E-state index contributed by atoms with van der Waals surface area (Å²) < 4.78 is 5.06. The van der Waals surface area contributed by atoms with E-state index in [1.807, 2.05) is 18.8 Å². The van der Waals surface area contributed by atoms with Crippen LogP contribution in [0.1, 0.15) is 17.2 Å². The van der Waals surface area contributed by atoms with E-state index in [9.17, 15) is 0 Å². The Kier molecular flexibility index (Phi) is 7.30. The first kappa shape index (κ1) is 13.6. The number of thioether (sulfide) groups is 1. The third kappa shape index (κ3) is 5.01. The van der Waals surface area contributed by atoms with Crippen molar-refractivity contribution in [3.8, 4) is 0 Å².